The van der Waals surface area contributed by atoms with Crippen molar-refractivity contribution in [2.45, 2.75) is 90.9 Å². The van der Waals surface area contributed by atoms with Crippen molar-refractivity contribution in [2.24, 2.45) is 0 Å². The highest BCUT2D eigenvalue weighted by atomic mass is 16.5. The van der Waals surface area contributed by atoms with Gasteiger partial charge in [-0.1, -0.05) is 78.1 Å². The van der Waals surface area contributed by atoms with Gasteiger partial charge in [-0.25, -0.2) is 0 Å². The van der Waals surface area contributed by atoms with Crippen LogP contribution < -0.4 is 5.32 Å². The first-order chi connectivity index (χ1) is 9.91. The Hall–Kier alpha value is -0.0800. The van der Waals surface area contributed by atoms with Crippen LogP contribution in [0.4, 0.5) is 0 Å². The van der Waals surface area contributed by atoms with Crippen LogP contribution in [0.25, 0.3) is 0 Å². The average molecular weight is 286 g/mol. The highest BCUT2D eigenvalue weighted by molar-refractivity contribution is 4.48. The van der Waals surface area contributed by atoms with Gasteiger partial charge >= 0.3 is 0 Å². The second-order valence-electron chi connectivity index (χ2n) is 5.90. The summed E-state index contributed by atoms with van der Waals surface area (Å²) in [7, 11) is 0. The predicted molar refractivity (Wildman–Crippen MR) is 90.4 cm³/mol. The first-order valence-corrected chi connectivity index (χ1v) is 9.20. The maximum atomic E-state index is 5.64. The van der Waals surface area contributed by atoms with Gasteiger partial charge in [-0.05, 0) is 19.4 Å². The molecule has 2 heteroatoms. The fourth-order valence-corrected chi connectivity index (χ4v) is 2.39. The van der Waals surface area contributed by atoms with E-state index >= 15 is 0 Å². The van der Waals surface area contributed by atoms with Gasteiger partial charge in [0.2, 0.25) is 0 Å². The van der Waals surface area contributed by atoms with E-state index < -0.39 is 0 Å². The monoisotopic (exact) mass is 285 g/mol. The zero-order chi connectivity index (χ0) is 14.7. The van der Waals surface area contributed by atoms with Crippen LogP contribution in [0.5, 0.6) is 0 Å². The van der Waals surface area contributed by atoms with Crippen molar-refractivity contribution in [3.63, 3.8) is 0 Å². The van der Waals surface area contributed by atoms with Crippen molar-refractivity contribution in [3.05, 3.63) is 0 Å². The fourth-order valence-electron chi connectivity index (χ4n) is 2.39. The van der Waals surface area contributed by atoms with E-state index in [9.17, 15) is 0 Å². The number of ether oxygens (including phenoxy) is 1. The van der Waals surface area contributed by atoms with Gasteiger partial charge < -0.3 is 10.1 Å². The van der Waals surface area contributed by atoms with Crippen molar-refractivity contribution in [2.75, 3.05) is 26.3 Å². The zero-order valence-electron chi connectivity index (χ0n) is 14.2. The van der Waals surface area contributed by atoms with Gasteiger partial charge in [0.1, 0.15) is 0 Å². The SMILES string of the molecule is CCCCCCCCCCCOCCNCCCCC. The maximum absolute atomic E-state index is 5.64. The van der Waals surface area contributed by atoms with Crippen LogP contribution in [-0.2, 0) is 4.74 Å². The molecule has 0 radical (unpaired) electrons. The van der Waals surface area contributed by atoms with E-state index in [0.29, 0.717) is 0 Å². The molecule has 0 aliphatic heterocycles. The van der Waals surface area contributed by atoms with Crippen LogP contribution in [0, 0.1) is 0 Å². The second-order valence-corrected chi connectivity index (χ2v) is 5.90. The number of hydrogen-bond donors (Lipinski definition) is 1. The van der Waals surface area contributed by atoms with E-state index in [4.69, 9.17) is 4.74 Å². The van der Waals surface area contributed by atoms with Crippen molar-refractivity contribution < 1.29 is 4.74 Å². The zero-order valence-corrected chi connectivity index (χ0v) is 14.2. The molecule has 0 aliphatic rings. The molecule has 0 heterocycles. The smallest absolute Gasteiger partial charge is 0.0590 e. The Morgan fingerprint density at radius 2 is 1.10 bits per heavy atom. The molecule has 0 unspecified atom stereocenters. The summed E-state index contributed by atoms with van der Waals surface area (Å²) in [6.07, 6.45) is 16.4. The molecule has 0 aromatic heterocycles. The maximum Gasteiger partial charge on any atom is 0.0590 e. The molecular formula is C18H39NO. The van der Waals surface area contributed by atoms with Crippen molar-refractivity contribution >= 4 is 0 Å². The van der Waals surface area contributed by atoms with E-state index in [0.717, 1.165) is 26.3 Å². The summed E-state index contributed by atoms with van der Waals surface area (Å²) in [5, 5.41) is 3.43. The van der Waals surface area contributed by atoms with E-state index in [-0.39, 0.29) is 0 Å². The lowest BCUT2D eigenvalue weighted by Gasteiger charge is -2.06. The van der Waals surface area contributed by atoms with Crippen LogP contribution in [0.2, 0.25) is 0 Å². The van der Waals surface area contributed by atoms with E-state index in [1.54, 1.807) is 0 Å². The third-order valence-electron chi connectivity index (χ3n) is 3.77. The Kier molecular flexibility index (Phi) is 18.8. The lowest BCUT2D eigenvalue weighted by atomic mass is 10.1. The standard InChI is InChI=1S/C18H39NO/c1-3-5-7-8-9-10-11-12-14-17-20-18-16-19-15-13-6-4-2/h19H,3-18H2,1-2H3. The van der Waals surface area contributed by atoms with Gasteiger partial charge in [-0.3, -0.25) is 0 Å². The first-order valence-electron chi connectivity index (χ1n) is 9.20. The molecule has 0 aliphatic carbocycles. The van der Waals surface area contributed by atoms with Crippen LogP contribution in [-0.4, -0.2) is 26.3 Å². The summed E-state index contributed by atoms with van der Waals surface area (Å²) in [6, 6.07) is 0. The molecule has 0 bridgehead atoms. The lowest BCUT2D eigenvalue weighted by molar-refractivity contribution is 0.131. The minimum Gasteiger partial charge on any atom is -0.380 e. The molecule has 122 valence electrons. The minimum atomic E-state index is 0.878. The van der Waals surface area contributed by atoms with Gasteiger partial charge in [0, 0.05) is 13.2 Å². The molecule has 0 saturated heterocycles. The summed E-state index contributed by atoms with van der Waals surface area (Å²) < 4.78 is 5.64. The topological polar surface area (TPSA) is 21.3 Å². The van der Waals surface area contributed by atoms with Crippen LogP contribution >= 0.6 is 0 Å². The largest absolute Gasteiger partial charge is 0.380 e. The van der Waals surface area contributed by atoms with Gasteiger partial charge in [0.05, 0.1) is 6.61 Å². The number of rotatable bonds is 17. The lowest BCUT2D eigenvalue weighted by Crippen LogP contribution is -2.21. The van der Waals surface area contributed by atoms with Crippen LogP contribution in [0.3, 0.4) is 0 Å². The highest BCUT2D eigenvalue weighted by Gasteiger charge is 1.93. The Morgan fingerprint density at radius 3 is 1.75 bits per heavy atom. The van der Waals surface area contributed by atoms with Crippen LogP contribution in [0.15, 0.2) is 0 Å². The molecule has 20 heavy (non-hydrogen) atoms. The first kappa shape index (κ1) is 19.9. The van der Waals surface area contributed by atoms with Gasteiger partial charge in [-0.2, -0.15) is 0 Å². The summed E-state index contributed by atoms with van der Waals surface area (Å²) in [5.41, 5.74) is 0. The molecule has 0 aromatic carbocycles. The molecule has 0 saturated carbocycles. The summed E-state index contributed by atoms with van der Waals surface area (Å²) in [5.74, 6) is 0. The quantitative estimate of drug-likeness (QED) is 0.365. The molecule has 1 N–H and O–H groups in total. The van der Waals surface area contributed by atoms with Gasteiger partial charge in [0.25, 0.3) is 0 Å². The minimum absolute atomic E-state index is 0.878. The number of nitrogens with one attached hydrogen (secondary N) is 1. The molecule has 0 amide bonds. The Labute approximate surface area is 128 Å². The van der Waals surface area contributed by atoms with E-state index in [2.05, 4.69) is 19.2 Å². The van der Waals surface area contributed by atoms with Crippen molar-refractivity contribution in [1.29, 1.82) is 0 Å². The predicted octanol–water partition coefficient (Wildman–Crippen LogP) is 5.31. The van der Waals surface area contributed by atoms with E-state index in [1.165, 1.54) is 77.0 Å². The molecule has 0 rings (SSSR count). The molecule has 0 spiro atoms. The number of unbranched alkanes of at least 4 members (excludes halogenated alkanes) is 10. The Balaban J connectivity index is 2.89. The molecule has 0 fully saturated rings. The molecule has 0 aromatic rings. The Morgan fingerprint density at radius 1 is 0.550 bits per heavy atom. The summed E-state index contributed by atoms with van der Waals surface area (Å²) >= 11 is 0. The number of hydrogen-bond acceptors (Lipinski definition) is 2. The highest BCUT2D eigenvalue weighted by Crippen LogP contribution is 2.09. The third-order valence-corrected chi connectivity index (χ3v) is 3.77. The van der Waals surface area contributed by atoms with Crippen molar-refractivity contribution in [1.82, 2.24) is 5.32 Å². The Bertz CT molecular complexity index is 143. The normalized spacial score (nSPS) is 11.1. The molecular weight excluding hydrogens is 246 g/mol. The van der Waals surface area contributed by atoms with Gasteiger partial charge in [-0.15, -0.1) is 0 Å². The molecule has 0 atom stereocenters. The second kappa shape index (κ2) is 18.9. The third kappa shape index (κ3) is 17.9. The molecule has 2 nitrogen and oxygen atoms in total. The fraction of sp³-hybridized carbons (Fsp3) is 1.00. The summed E-state index contributed by atoms with van der Waals surface area (Å²) in [4.78, 5) is 0. The van der Waals surface area contributed by atoms with E-state index in [1.807, 2.05) is 0 Å². The van der Waals surface area contributed by atoms with Crippen LogP contribution in [0.1, 0.15) is 90.9 Å². The average Bonchev–Trinajstić information content (AvgIpc) is 2.47. The van der Waals surface area contributed by atoms with Gasteiger partial charge in [0.15, 0.2) is 0 Å². The summed E-state index contributed by atoms with van der Waals surface area (Å²) in [6.45, 7) is 8.51. The van der Waals surface area contributed by atoms with Crippen molar-refractivity contribution in [3.8, 4) is 0 Å².